The average molecular weight is 194 g/mol. The molecule has 1 aromatic rings. The molecule has 4 nitrogen and oxygen atoms in total. The summed E-state index contributed by atoms with van der Waals surface area (Å²) in [7, 11) is 3.58. The first-order valence-corrected chi connectivity index (χ1v) is 4.37. The minimum absolute atomic E-state index is 0.0334. The molecule has 0 heterocycles. The van der Waals surface area contributed by atoms with Crippen LogP contribution in [0.4, 0.5) is 11.4 Å². The van der Waals surface area contributed by atoms with Crippen molar-refractivity contribution in [2.75, 3.05) is 24.7 Å². The summed E-state index contributed by atoms with van der Waals surface area (Å²) in [5.74, 6) is -0.824. The lowest BCUT2D eigenvalue weighted by atomic mass is 10.1. The van der Waals surface area contributed by atoms with Crippen molar-refractivity contribution < 1.29 is 9.90 Å². The summed E-state index contributed by atoms with van der Waals surface area (Å²) >= 11 is 0. The number of anilines is 2. The Kier molecular flexibility index (Phi) is 3.34. The number of carboxylic acid groups (broad SMARTS) is 1. The van der Waals surface area contributed by atoms with E-state index in [1.165, 1.54) is 0 Å². The molecule has 0 saturated heterocycles. The Morgan fingerprint density at radius 2 is 2.07 bits per heavy atom. The molecule has 1 aromatic carbocycles. The van der Waals surface area contributed by atoms with Crippen molar-refractivity contribution in [1.82, 2.24) is 0 Å². The third kappa shape index (κ3) is 2.39. The maximum atomic E-state index is 10.6. The first-order chi connectivity index (χ1) is 6.67. The van der Waals surface area contributed by atoms with Crippen molar-refractivity contribution in [3.8, 4) is 0 Å². The summed E-state index contributed by atoms with van der Waals surface area (Å²) in [5.41, 5.74) is 2.55. The number of rotatable bonds is 4. The topological polar surface area (TPSA) is 61.4 Å². The predicted octanol–water partition coefficient (Wildman–Crippen LogP) is 1.40. The van der Waals surface area contributed by atoms with E-state index in [1.807, 2.05) is 18.2 Å². The summed E-state index contributed by atoms with van der Waals surface area (Å²) in [4.78, 5) is 10.6. The van der Waals surface area contributed by atoms with Gasteiger partial charge < -0.3 is 15.7 Å². The maximum absolute atomic E-state index is 10.6. The second kappa shape index (κ2) is 4.50. The molecule has 0 aliphatic heterocycles. The van der Waals surface area contributed by atoms with Crippen LogP contribution in [0.25, 0.3) is 0 Å². The van der Waals surface area contributed by atoms with Crippen LogP contribution in [0.3, 0.4) is 0 Å². The zero-order chi connectivity index (χ0) is 10.6. The molecule has 4 heteroatoms. The molecule has 1 rings (SSSR count). The van der Waals surface area contributed by atoms with E-state index in [1.54, 1.807) is 14.1 Å². The minimum Gasteiger partial charge on any atom is -0.481 e. The van der Waals surface area contributed by atoms with E-state index < -0.39 is 5.97 Å². The van der Waals surface area contributed by atoms with Crippen molar-refractivity contribution in [3.63, 3.8) is 0 Å². The van der Waals surface area contributed by atoms with Gasteiger partial charge in [0.05, 0.1) is 6.42 Å². The first-order valence-electron chi connectivity index (χ1n) is 4.37. The number of hydrogen-bond donors (Lipinski definition) is 3. The van der Waals surface area contributed by atoms with E-state index in [2.05, 4.69) is 10.6 Å². The highest BCUT2D eigenvalue weighted by Gasteiger charge is 2.06. The van der Waals surface area contributed by atoms with Gasteiger partial charge in [-0.05, 0) is 23.8 Å². The third-order valence-corrected chi connectivity index (χ3v) is 2.00. The molecule has 0 spiro atoms. The zero-order valence-electron chi connectivity index (χ0n) is 8.29. The van der Waals surface area contributed by atoms with Gasteiger partial charge in [0, 0.05) is 25.5 Å². The fourth-order valence-electron chi connectivity index (χ4n) is 1.30. The molecule has 0 unspecified atom stereocenters. The Morgan fingerprint density at radius 3 is 2.57 bits per heavy atom. The van der Waals surface area contributed by atoms with Crippen molar-refractivity contribution in [1.29, 1.82) is 0 Å². The van der Waals surface area contributed by atoms with Gasteiger partial charge in [0.1, 0.15) is 0 Å². The van der Waals surface area contributed by atoms with E-state index in [9.17, 15) is 4.79 Å². The van der Waals surface area contributed by atoms with Crippen LogP contribution in [-0.2, 0) is 11.2 Å². The van der Waals surface area contributed by atoms with Crippen LogP contribution in [0.1, 0.15) is 5.56 Å². The number of aliphatic carboxylic acids is 1. The third-order valence-electron chi connectivity index (χ3n) is 2.00. The van der Waals surface area contributed by atoms with Gasteiger partial charge in [0.25, 0.3) is 0 Å². The van der Waals surface area contributed by atoms with E-state index in [4.69, 9.17) is 5.11 Å². The second-order valence-corrected chi connectivity index (χ2v) is 2.94. The molecule has 14 heavy (non-hydrogen) atoms. The van der Waals surface area contributed by atoms with E-state index in [0.717, 1.165) is 16.9 Å². The highest BCUT2D eigenvalue weighted by Crippen LogP contribution is 2.20. The Morgan fingerprint density at radius 1 is 1.36 bits per heavy atom. The summed E-state index contributed by atoms with van der Waals surface area (Å²) in [6, 6.07) is 5.60. The van der Waals surface area contributed by atoms with Gasteiger partial charge in [0.15, 0.2) is 0 Å². The molecule has 0 aliphatic carbocycles. The fourth-order valence-corrected chi connectivity index (χ4v) is 1.30. The molecular formula is C10H14N2O2. The lowest BCUT2D eigenvalue weighted by Crippen LogP contribution is -2.04. The molecule has 0 atom stereocenters. The number of carbonyl (C=O) groups is 1. The van der Waals surface area contributed by atoms with Crippen molar-refractivity contribution in [3.05, 3.63) is 23.8 Å². The minimum atomic E-state index is -0.824. The van der Waals surface area contributed by atoms with Crippen molar-refractivity contribution in [2.24, 2.45) is 0 Å². The van der Waals surface area contributed by atoms with Crippen LogP contribution >= 0.6 is 0 Å². The predicted molar refractivity (Wildman–Crippen MR) is 56.9 cm³/mol. The second-order valence-electron chi connectivity index (χ2n) is 2.94. The van der Waals surface area contributed by atoms with Gasteiger partial charge in [-0.1, -0.05) is 0 Å². The smallest absolute Gasteiger partial charge is 0.307 e. The number of hydrogen-bond acceptors (Lipinski definition) is 3. The van der Waals surface area contributed by atoms with Crippen molar-refractivity contribution in [2.45, 2.75) is 6.42 Å². The average Bonchev–Trinajstić information content (AvgIpc) is 2.16. The largest absolute Gasteiger partial charge is 0.481 e. The van der Waals surface area contributed by atoms with Gasteiger partial charge in [0.2, 0.25) is 0 Å². The van der Waals surface area contributed by atoms with Crippen LogP contribution in [0, 0.1) is 0 Å². The zero-order valence-corrected chi connectivity index (χ0v) is 8.29. The Bertz CT molecular complexity index is 337. The number of nitrogens with one attached hydrogen (secondary N) is 2. The lowest BCUT2D eigenvalue weighted by molar-refractivity contribution is -0.136. The van der Waals surface area contributed by atoms with E-state index in [0.29, 0.717) is 0 Å². The Hall–Kier alpha value is -1.71. The molecular weight excluding hydrogens is 180 g/mol. The van der Waals surface area contributed by atoms with Gasteiger partial charge in [-0.25, -0.2) is 0 Å². The highest BCUT2D eigenvalue weighted by molar-refractivity contribution is 5.74. The molecule has 0 fully saturated rings. The van der Waals surface area contributed by atoms with Gasteiger partial charge in [-0.2, -0.15) is 0 Å². The monoisotopic (exact) mass is 194 g/mol. The van der Waals surface area contributed by atoms with Gasteiger partial charge in [-0.15, -0.1) is 0 Å². The molecule has 0 radical (unpaired) electrons. The molecule has 0 amide bonds. The van der Waals surface area contributed by atoms with Crippen LogP contribution in [0.15, 0.2) is 18.2 Å². The quantitative estimate of drug-likeness (QED) is 0.678. The molecule has 0 aliphatic rings. The van der Waals surface area contributed by atoms with Crippen molar-refractivity contribution >= 4 is 17.3 Å². The maximum Gasteiger partial charge on any atom is 0.307 e. The Labute approximate surface area is 82.9 Å². The Balaban J connectivity index is 3.01. The SMILES string of the molecule is CNc1ccc(NC)c(CC(=O)O)c1. The fraction of sp³-hybridized carbons (Fsp3) is 0.300. The van der Waals surface area contributed by atoms with Gasteiger partial charge in [-0.3, -0.25) is 4.79 Å². The molecule has 0 bridgehead atoms. The van der Waals surface area contributed by atoms with Gasteiger partial charge >= 0.3 is 5.97 Å². The summed E-state index contributed by atoms with van der Waals surface area (Å²) in [6.45, 7) is 0. The van der Waals surface area contributed by atoms with Crippen LogP contribution < -0.4 is 10.6 Å². The number of benzene rings is 1. The summed E-state index contributed by atoms with van der Waals surface area (Å²) < 4.78 is 0. The highest BCUT2D eigenvalue weighted by atomic mass is 16.4. The molecule has 76 valence electrons. The van der Waals surface area contributed by atoms with Crippen LogP contribution in [-0.4, -0.2) is 25.2 Å². The van der Waals surface area contributed by atoms with E-state index >= 15 is 0 Å². The summed E-state index contributed by atoms with van der Waals surface area (Å²) in [5, 5.41) is 14.6. The van der Waals surface area contributed by atoms with Crippen LogP contribution in [0.5, 0.6) is 0 Å². The molecule has 0 aromatic heterocycles. The van der Waals surface area contributed by atoms with E-state index in [-0.39, 0.29) is 6.42 Å². The van der Waals surface area contributed by atoms with Crippen LogP contribution in [0.2, 0.25) is 0 Å². The molecule has 3 N–H and O–H groups in total. The normalized spacial score (nSPS) is 9.57. The lowest BCUT2D eigenvalue weighted by Gasteiger charge is -2.09. The summed E-state index contributed by atoms with van der Waals surface area (Å²) in [6.07, 6.45) is 0.0334. The number of carboxylic acids is 1. The standard InChI is InChI=1S/C10H14N2O2/c1-11-8-3-4-9(12-2)7(5-8)6-10(13)14/h3-5,11-12H,6H2,1-2H3,(H,13,14). The molecule has 0 saturated carbocycles. The first kappa shape index (κ1) is 10.4.